The van der Waals surface area contributed by atoms with E-state index < -0.39 is 0 Å². The van der Waals surface area contributed by atoms with Crippen molar-refractivity contribution in [1.82, 2.24) is 9.97 Å². The van der Waals surface area contributed by atoms with Gasteiger partial charge in [-0.15, -0.1) is 11.3 Å². The minimum absolute atomic E-state index is 0.157. The normalized spacial score (nSPS) is 13.6. The summed E-state index contributed by atoms with van der Waals surface area (Å²) in [5.41, 5.74) is 3.37. The molecule has 2 aromatic carbocycles. The van der Waals surface area contributed by atoms with Crippen LogP contribution in [0, 0.1) is 0 Å². The highest BCUT2D eigenvalue weighted by atomic mass is 35.5. The standard InChI is InChI=1S/C21H20Cl2N2OS/c1-11(19-24-15-7-5-6-13(22)18(15)27-19)8-12-9-14(23)17-16(10-12)26-20(25-17)21(2,3)4/h5-7,9-11H,8H2,1-4H3. The average Bonchev–Trinajstić information content (AvgIpc) is 3.19. The molecule has 2 aromatic heterocycles. The summed E-state index contributed by atoms with van der Waals surface area (Å²) in [6, 6.07) is 9.86. The third kappa shape index (κ3) is 3.58. The Balaban J connectivity index is 1.66. The number of hydrogen-bond donors (Lipinski definition) is 0. The molecule has 0 N–H and O–H groups in total. The molecule has 0 amide bonds. The van der Waals surface area contributed by atoms with Crippen molar-refractivity contribution in [3.05, 3.63) is 56.8 Å². The highest BCUT2D eigenvalue weighted by molar-refractivity contribution is 7.19. The number of aromatic nitrogens is 2. The first kappa shape index (κ1) is 18.7. The van der Waals surface area contributed by atoms with Gasteiger partial charge in [-0.3, -0.25) is 0 Å². The quantitative estimate of drug-likeness (QED) is 0.348. The number of nitrogens with zero attached hydrogens (tertiary/aromatic N) is 2. The molecular formula is C21H20Cl2N2OS. The molecule has 0 aliphatic carbocycles. The molecule has 3 nitrogen and oxygen atoms in total. The van der Waals surface area contributed by atoms with E-state index in [2.05, 4.69) is 32.7 Å². The molecule has 27 heavy (non-hydrogen) atoms. The number of fused-ring (bicyclic) bond motifs is 2. The molecule has 6 heteroatoms. The number of thiazole rings is 1. The second-order valence-corrected chi connectivity index (χ2v) is 9.78. The van der Waals surface area contributed by atoms with Crippen LogP contribution in [-0.2, 0) is 11.8 Å². The summed E-state index contributed by atoms with van der Waals surface area (Å²) < 4.78 is 7.02. The Kier molecular flexibility index (Phi) is 4.69. The Morgan fingerprint density at radius 2 is 1.89 bits per heavy atom. The lowest BCUT2D eigenvalue weighted by molar-refractivity contribution is 0.410. The second-order valence-electron chi connectivity index (χ2n) is 7.94. The zero-order valence-electron chi connectivity index (χ0n) is 15.6. The van der Waals surface area contributed by atoms with Crippen LogP contribution in [-0.4, -0.2) is 9.97 Å². The molecular weight excluding hydrogens is 399 g/mol. The van der Waals surface area contributed by atoms with Gasteiger partial charge in [0.15, 0.2) is 5.58 Å². The molecule has 0 aliphatic heterocycles. The van der Waals surface area contributed by atoms with E-state index in [-0.39, 0.29) is 11.3 Å². The second kappa shape index (κ2) is 6.77. The fraction of sp³-hybridized carbons (Fsp3) is 0.333. The van der Waals surface area contributed by atoms with Gasteiger partial charge in [-0.25, -0.2) is 9.97 Å². The van der Waals surface area contributed by atoms with Crippen LogP contribution in [0.5, 0.6) is 0 Å². The summed E-state index contributed by atoms with van der Waals surface area (Å²) in [6.45, 7) is 8.40. The minimum atomic E-state index is -0.157. The zero-order valence-corrected chi connectivity index (χ0v) is 18.0. The lowest BCUT2D eigenvalue weighted by Gasteiger charge is -2.11. The Labute approximate surface area is 172 Å². The molecule has 4 aromatic rings. The van der Waals surface area contributed by atoms with Crippen molar-refractivity contribution in [1.29, 1.82) is 0 Å². The van der Waals surface area contributed by atoms with Gasteiger partial charge < -0.3 is 4.42 Å². The van der Waals surface area contributed by atoms with Gasteiger partial charge in [0.25, 0.3) is 0 Å². The number of halogens is 2. The van der Waals surface area contributed by atoms with Gasteiger partial charge >= 0.3 is 0 Å². The SMILES string of the molecule is CC(Cc1cc(Cl)c2nc(C(C)(C)C)oc2c1)c1nc2cccc(Cl)c2s1. The van der Waals surface area contributed by atoms with Crippen LogP contribution < -0.4 is 0 Å². The molecule has 0 fully saturated rings. The molecule has 0 aliphatic rings. The van der Waals surface area contributed by atoms with E-state index >= 15 is 0 Å². The van der Waals surface area contributed by atoms with E-state index in [1.54, 1.807) is 11.3 Å². The van der Waals surface area contributed by atoms with Crippen molar-refractivity contribution in [3.63, 3.8) is 0 Å². The summed E-state index contributed by atoms with van der Waals surface area (Å²) in [5.74, 6) is 0.947. The first-order valence-electron chi connectivity index (χ1n) is 8.87. The van der Waals surface area contributed by atoms with Crippen molar-refractivity contribution < 1.29 is 4.42 Å². The molecule has 0 radical (unpaired) electrons. The predicted molar refractivity (Wildman–Crippen MR) is 114 cm³/mol. The molecule has 2 heterocycles. The zero-order chi connectivity index (χ0) is 19.3. The smallest absolute Gasteiger partial charge is 0.200 e. The topological polar surface area (TPSA) is 38.9 Å². The fourth-order valence-electron chi connectivity index (χ4n) is 3.06. The highest BCUT2D eigenvalue weighted by Crippen LogP contribution is 2.35. The summed E-state index contributed by atoms with van der Waals surface area (Å²) in [7, 11) is 0. The van der Waals surface area contributed by atoms with E-state index in [4.69, 9.17) is 32.6 Å². The molecule has 4 rings (SSSR count). The van der Waals surface area contributed by atoms with Gasteiger partial charge in [0.1, 0.15) is 5.52 Å². The third-order valence-electron chi connectivity index (χ3n) is 4.50. The van der Waals surface area contributed by atoms with E-state index in [1.807, 2.05) is 30.3 Å². The number of benzene rings is 2. The summed E-state index contributed by atoms with van der Waals surface area (Å²) >= 11 is 14.4. The van der Waals surface area contributed by atoms with Crippen molar-refractivity contribution in [2.24, 2.45) is 0 Å². The van der Waals surface area contributed by atoms with E-state index in [0.717, 1.165) is 43.3 Å². The number of oxazole rings is 1. The largest absolute Gasteiger partial charge is 0.440 e. The Hall–Kier alpha value is -1.62. The minimum Gasteiger partial charge on any atom is -0.440 e. The van der Waals surface area contributed by atoms with Gasteiger partial charge in [-0.05, 0) is 36.2 Å². The van der Waals surface area contributed by atoms with E-state index in [9.17, 15) is 0 Å². The van der Waals surface area contributed by atoms with Crippen LogP contribution in [0.25, 0.3) is 21.3 Å². The first-order chi connectivity index (χ1) is 12.7. The summed E-state index contributed by atoms with van der Waals surface area (Å²) in [6.07, 6.45) is 0.818. The number of rotatable bonds is 3. The fourth-order valence-corrected chi connectivity index (χ4v) is 4.65. The van der Waals surface area contributed by atoms with Crippen molar-refractivity contribution in [2.45, 2.75) is 45.4 Å². The number of hydrogen-bond acceptors (Lipinski definition) is 4. The van der Waals surface area contributed by atoms with Gasteiger partial charge in [-0.2, -0.15) is 0 Å². The van der Waals surface area contributed by atoms with Crippen LogP contribution in [0.15, 0.2) is 34.7 Å². The average molecular weight is 419 g/mol. The van der Waals surface area contributed by atoms with Gasteiger partial charge in [-0.1, -0.05) is 57.0 Å². The van der Waals surface area contributed by atoms with Crippen molar-refractivity contribution in [2.75, 3.05) is 0 Å². The van der Waals surface area contributed by atoms with Gasteiger partial charge in [0.2, 0.25) is 5.89 Å². The van der Waals surface area contributed by atoms with Crippen LogP contribution in [0.3, 0.4) is 0 Å². The molecule has 0 saturated heterocycles. The molecule has 140 valence electrons. The summed E-state index contributed by atoms with van der Waals surface area (Å²) in [5, 5.41) is 2.45. The van der Waals surface area contributed by atoms with Gasteiger partial charge in [0.05, 0.1) is 25.3 Å². The van der Waals surface area contributed by atoms with Crippen molar-refractivity contribution >= 4 is 55.9 Å². The molecule has 1 atom stereocenters. The maximum atomic E-state index is 6.49. The van der Waals surface area contributed by atoms with Crippen molar-refractivity contribution in [3.8, 4) is 0 Å². The lowest BCUT2D eigenvalue weighted by atomic mass is 9.97. The highest BCUT2D eigenvalue weighted by Gasteiger charge is 2.22. The maximum absolute atomic E-state index is 6.49. The predicted octanol–water partition coefficient (Wildman–Crippen LogP) is 7.39. The van der Waals surface area contributed by atoms with Crippen LogP contribution >= 0.6 is 34.5 Å². The van der Waals surface area contributed by atoms with Gasteiger partial charge in [0, 0.05) is 11.3 Å². The van der Waals surface area contributed by atoms with E-state index in [1.165, 1.54) is 0 Å². The Morgan fingerprint density at radius 1 is 1.11 bits per heavy atom. The monoisotopic (exact) mass is 418 g/mol. The Bertz CT molecular complexity index is 1140. The molecule has 0 bridgehead atoms. The summed E-state index contributed by atoms with van der Waals surface area (Å²) in [4.78, 5) is 9.33. The first-order valence-corrected chi connectivity index (χ1v) is 10.4. The maximum Gasteiger partial charge on any atom is 0.200 e. The Morgan fingerprint density at radius 3 is 2.59 bits per heavy atom. The third-order valence-corrected chi connectivity index (χ3v) is 6.55. The van der Waals surface area contributed by atoms with E-state index in [0.29, 0.717) is 10.9 Å². The molecule has 0 spiro atoms. The lowest BCUT2D eigenvalue weighted by Crippen LogP contribution is -2.10. The van der Waals surface area contributed by atoms with Crippen LogP contribution in [0.1, 0.15) is 50.1 Å². The van der Waals surface area contributed by atoms with Crippen LogP contribution in [0.2, 0.25) is 10.0 Å². The molecule has 1 unspecified atom stereocenters. The van der Waals surface area contributed by atoms with Crippen LogP contribution in [0.4, 0.5) is 0 Å². The molecule has 0 saturated carbocycles.